The molecule has 2 rings (SSSR count). The molecule has 2 atom stereocenters. The van der Waals surface area contributed by atoms with E-state index in [9.17, 15) is 19.5 Å². The van der Waals surface area contributed by atoms with Crippen LogP contribution in [-0.2, 0) is 19.1 Å². The van der Waals surface area contributed by atoms with E-state index in [1.54, 1.807) is 32.9 Å². The van der Waals surface area contributed by atoms with Crippen LogP contribution in [0.2, 0.25) is 0 Å². The number of rotatable bonds is 6. The summed E-state index contributed by atoms with van der Waals surface area (Å²) in [4.78, 5) is 35.5. The van der Waals surface area contributed by atoms with Gasteiger partial charge in [-0.25, -0.2) is 4.79 Å². The highest BCUT2D eigenvalue weighted by Gasteiger charge is 2.46. The van der Waals surface area contributed by atoms with Gasteiger partial charge in [-0.1, -0.05) is 12.1 Å². The molecule has 27 heavy (non-hydrogen) atoms. The Morgan fingerprint density at radius 2 is 1.81 bits per heavy atom. The van der Waals surface area contributed by atoms with Gasteiger partial charge in [0, 0.05) is 6.42 Å². The fraction of sp³-hybridized carbons (Fsp3) is 0.571. The molecule has 0 bridgehead atoms. The average molecular weight is 376 g/mol. The molecule has 0 heterocycles. The van der Waals surface area contributed by atoms with Crippen molar-refractivity contribution >= 4 is 17.9 Å². The monoisotopic (exact) mass is 376 g/mol. The minimum absolute atomic E-state index is 0.0893. The third kappa shape index (κ3) is 5.31. The molecule has 6 heteroatoms. The lowest BCUT2D eigenvalue weighted by molar-refractivity contribution is -0.157. The first kappa shape index (κ1) is 20.9. The lowest BCUT2D eigenvalue weighted by atomic mass is 9.80. The van der Waals surface area contributed by atoms with Crippen molar-refractivity contribution in [1.29, 1.82) is 0 Å². The zero-order chi connectivity index (χ0) is 20.2. The number of ether oxygens (including phenoxy) is 2. The summed E-state index contributed by atoms with van der Waals surface area (Å²) in [6.45, 7) is 5.38. The van der Waals surface area contributed by atoms with Gasteiger partial charge in [-0.2, -0.15) is 0 Å². The van der Waals surface area contributed by atoms with E-state index in [-0.39, 0.29) is 24.7 Å². The summed E-state index contributed by atoms with van der Waals surface area (Å²) in [5.41, 5.74) is -0.0212. The Hall–Kier alpha value is -2.37. The van der Waals surface area contributed by atoms with Crippen LogP contribution in [0.25, 0.3) is 0 Å². The summed E-state index contributed by atoms with van der Waals surface area (Å²) in [6.07, 6.45) is 2.10. The number of methoxy groups -OCH3 is 1. The highest BCUT2D eigenvalue weighted by molar-refractivity contribution is 5.89. The van der Waals surface area contributed by atoms with Crippen LogP contribution in [0.4, 0.5) is 0 Å². The average Bonchev–Trinajstić information content (AvgIpc) is 3.04. The van der Waals surface area contributed by atoms with Gasteiger partial charge in [0.2, 0.25) is 0 Å². The molecular formula is C21H28O6. The predicted molar refractivity (Wildman–Crippen MR) is 99.5 cm³/mol. The number of aliphatic carboxylic acids is 1. The Morgan fingerprint density at radius 1 is 1.19 bits per heavy atom. The van der Waals surface area contributed by atoms with Crippen LogP contribution in [-0.4, -0.2) is 35.7 Å². The van der Waals surface area contributed by atoms with E-state index in [0.717, 1.165) is 12.0 Å². The third-order valence-electron chi connectivity index (χ3n) is 5.09. The van der Waals surface area contributed by atoms with E-state index in [1.165, 1.54) is 7.11 Å². The molecule has 0 saturated heterocycles. The molecular weight excluding hydrogens is 348 g/mol. The molecule has 1 N–H and O–H groups in total. The molecule has 0 aromatic heterocycles. The molecule has 0 amide bonds. The first-order chi connectivity index (χ1) is 12.6. The van der Waals surface area contributed by atoms with E-state index in [4.69, 9.17) is 9.47 Å². The standard InChI is InChI=1S/C21H28O6/c1-20(2,3)27-17(22)10-12-21(19(24)25)11-9-16(13-21)14-5-7-15(8-6-14)18(23)26-4/h5-8,16H,9-13H2,1-4H3,(H,24,25)/t16-,21-/m0/s1. The largest absolute Gasteiger partial charge is 0.481 e. The predicted octanol–water partition coefficient (Wildman–Crippen LogP) is 3.93. The number of carbonyl (C=O) groups is 3. The molecule has 1 saturated carbocycles. The van der Waals surface area contributed by atoms with Crippen molar-refractivity contribution in [2.75, 3.05) is 7.11 Å². The van der Waals surface area contributed by atoms with Gasteiger partial charge in [0.1, 0.15) is 5.60 Å². The van der Waals surface area contributed by atoms with E-state index >= 15 is 0 Å². The number of hydrogen-bond donors (Lipinski definition) is 1. The maximum atomic E-state index is 12.0. The molecule has 1 fully saturated rings. The summed E-state index contributed by atoms with van der Waals surface area (Å²) in [6, 6.07) is 7.09. The van der Waals surface area contributed by atoms with E-state index < -0.39 is 23.0 Å². The zero-order valence-electron chi connectivity index (χ0n) is 16.4. The van der Waals surface area contributed by atoms with Gasteiger partial charge >= 0.3 is 17.9 Å². The van der Waals surface area contributed by atoms with Crippen LogP contribution in [0, 0.1) is 5.41 Å². The zero-order valence-corrected chi connectivity index (χ0v) is 16.4. The Kier molecular flexibility index (Phi) is 6.29. The second kappa shape index (κ2) is 8.11. The van der Waals surface area contributed by atoms with Crippen LogP contribution in [0.1, 0.15) is 74.7 Å². The van der Waals surface area contributed by atoms with Gasteiger partial charge in [0.15, 0.2) is 0 Å². The normalized spacial score (nSPS) is 22.3. The van der Waals surface area contributed by atoms with Crippen LogP contribution in [0.5, 0.6) is 0 Å². The second-order valence-electron chi connectivity index (χ2n) is 8.23. The highest BCUT2D eigenvalue weighted by atomic mass is 16.6. The molecule has 148 valence electrons. The van der Waals surface area contributed by atoms with Crippen molar-refractivity contribution in [2.45, 2.75) is 64.4 Å². The van der Waals surface area contributed by atoms with Gasteiger partial charge in [-0.15, -0.1) is 0 Å². The van der Waals surface area contributed by atoms with Gasteiger partial charge in [0.25, 0.3) is 0 Å². The molecule has 1 aromatic rings. The summed E-state index contributed by atoms with van der Waals surface area (Å²) in [5, 5.41) is 9.81. The maximum Gasteiger partial charge on any atom is 0.337 e. The van der Waals surface area contributed by atoms with E-state index in [1.807, 2.05) is 12.1 Å². The second-order valence-corrected chi connectivity index (χ2v) is 8.23. The van der Waals surface area contributed by atoms with Crippen LogP contribution >= 0.6 is 0 Å². The number of carboxylic acid groups (broad SMARTS) is 1. The molecule has 1 aromatic carbocycles. The van der Waals surface area contributed by atoms with Crippen molar-refractivity contribution in [1.82, 2.24) is 0 Å². The van der Waals surface area contributed by atoms with Crippen molar-refractivity contribution in [3.05, 3.63) is 35.4 Å². The molecule has 1 aliphatic carbocycles. The third-order valence-corrected chi connectivity index (χ3v) is 5.09. The lowest BCUT2D eigenvalue weighted by Gasteiger charge is -2.25. The fourth-order valence-corrected chi connectivity index (χ4v) is 3.68. The molecule has 6 nitrogen and oxygen atoms in total. The van der Waals surface area contributed by atoms with Gasteiger partial charge in [-0.3, -0.25) is 9.59 Å². The number of benzene rings is 1. The minimum atomic E-state index is -0.914. The van der Waals surface area contributed by atoms with Crippen molar-refractivity contribution in [3.8, 4) is 0 Å². The van der Waals surface area contributed by atoms with E-state index in [2.05, 4.69) is 0 Å². The van der Waals surface area contributed by atoms with Gasteiger partial charge in [0.05, 0.1) is 18.1 Å². The maximum absolute atomic E-state index is 12.0. The first-order valence-corrected chi connectivity index (χ1v) is 9.20. The molecule has 0 aliphatic heterocycles. The number of carboxylic acids is 1. The lowest BCUT2D eigenvalue weighted by Crippen LogP contribution is -2.30. The Morgan fingerprint density at radius 3 is 2.33 bits per heavy atom. The SMILES string of the molecule is COC(=O)c1ccc([C@H]2CC[C@@](CCC(=O)OC(C)(C)C)(C(=O)O)C2)cc1. The summed E-state index contributed by atoms with van der Waals surface area (Å²) >= 11 is 0. The Balaban J connectivity index is 2.05. The van der Waals surface area contributed by atoms with Crippen LogP contribution in [0.15, 0.2) is 24.3 Å². The number of hydrogen-bond acceptors (Lipinski definition) is 5. The van der Waals surface area contributed by atoms with Gasteiger partial charge in [-0.05, 0) is 70.1 Å². The van der Waals surface area contributed by atoms with E-state index in [0.29, 0.717) is 18.4 Å². The molecule has 1 aliphatic rings. The quantitative estimate of drug-likeness (QED) is 0.757. The van der Waals surface area contributed by atoms with Crippen LogP contribution < -0.4 is 0 Å². The topological polar surface area (TPSA) is 89.9 Å². The van der Waals surface area contributed by atoms with Crippen molar-refractivity contribution in [2.24, 2.45) is 5.41 Å². The van der Waals surface area contributed by atoms with Crippen LogP contribution in [0.3, 0.4) is 0 Å². The first-order valence-electron chi connectivity index (χ1n) is 9.20. The molecule has 0 spiro atoms. The summed E-state index contributed by atoms with van der Waals surface area (Å²) < 4.78 is 10.00. The number of carbonyl (C=O) groups excluding carboxylic acids is 2. The van der Waals surface area contributed by atoms with Crippen molar-refractivity contribution in [3.63, 3.8) is 0 Å². The summed E-state index contributed by atoms with van der Waals surface area (Å²) in [5.74, 6) is -1.54. The molecule has 0 unspecified atom stereocenters. The minimum Gasteiger partial charge on any atom is -0.481 e. The number of esters is 2. The Labute approximate surface area is 159 Å². The van der Waals surface area contributed by atoms with Crippen molar-refractivity contribution < 1.29 is 29.0 Å². The Bertz CT molecular complexity index is 700. The summed E-state index contributed by atoms with van der Waals surface area (Å²) in [7, 11) is 1.33. The molecule has 0 radical (unpaired) electrons. The smallest absolute Gasteiger partial charge is 0.337 e. The highest BCUT2D eigenvalue weighted by Crippen LogP contribution is 2.49. The fourth-order valence-electron chi connectivity index (χ4n) is 3.68. The van der Waals surface area contributed by atoms with Gasteiger partial charge < -0.3 is 14.6 Å².